The summed E-state index contributed by atoms with van der Waals surface area (Å²) in [7, 11) is 0. The van der Waals surface area contributed by atoms with E-state index in [2.05, 4.69) is 20.3 Å². The summed E-state index contributed by atoms with van der Waals surface area (Å²) in [5, 5.41) is 12.8. The fraction of sp³-hybridized carbons (Fsp3) is 0.462. The normalized spacial score (nSPS) is 20.1. The first-order chi connectivity index (χ1) is 9.22. The molecule has 1 aliphatic rings. The molecule has 0 unspecified atom stereocenters. The number of aliphatic imine (C=N–C) groups is 1. The van der Waals surface area contributed by atoms with Crippen LogP contribution in [0.3, 0.4) is 0 Å². The van der Waals surface area contributed by atoms with Gasteiger partial charge < -0.3 is 14.8 Å². The molecular weight excluding hydrogens is 244 g/mol. The van der Waals surface area contributed by atoms with E-state index in [1.807, 2.05) is 13.0 Å². The molecule has 6 nitrogen and oxygen atoms in total. The summed E-state index contributed by atoms with van der Waals surface area (Å²) >= 11 is 0. The van der Waals surface area contributed by atoms with Crippen LogP contribution in [-0.4, -0.2) is 33.6 Å². The first kappa shape index (κ1) is 12.1. The molecular formula is C13H16N4O2. The van der Waals surface area contributed by atoms with Crippen molar-refractivity contribution in [3.05, 3.63) is 18.2 Å². The highest BCUT2D eigenvalue weighted by Gasteiger charge is 2.14. The van der Waals surface area contributed by atoms with Crippen LogP contribution < -0.4 is 5.32 Å². The second-order valence-corrected chi connectivity index (χ2v) is 4.69. The van der Waals surface area contributed by atoms with E-state index in [9.17, 15) is 5.11 Å². The highest BCUT2D eigenvalue weighted by atomic mass is 16.3. The van der Waals surface area contributed by atoms with Crippen LogP contribution in [0.5, 0.6) is 0 Å². The maximum absolute atomic E-state index is 9.61. The van der Waals surface area contributed by atoms with Crippen molar-refractivity contribution < 1.29 is 9.52 Å². The summed E-state index contributed by atoms with van der Waals surface area (Å²) in [6.45, 7) is 2.48. The summed E-state index contributed by atoms with van der Waals surface area (Å²) in [5.74, 6) is 2.17. The van der Waals surface area contributed by atoms with Crippen molar-refractivity contribution in [2.45, 2.75) is 32.3 Å². The Bertz CT molecular complexity index is 620. The van der Waals surface area contributed by atoms with Crippen molar-refractivity contribution in [2.24, 2.45) is 4.99 Å². The number of fused-ring (bicyclic) bond motifs is 1. The molecule has 0 radical (unpaired) electrons. The molecule has 0 fully saturated rings. The highest BCUT2D eigenvalue weighted by Crippen LogP contribution is 2.22. The Kier molecular flexibility index (Phi) is 3.16. The smallest absolute Gasteiger partial charge is 0.194 e. The molecule has 100 valence electrons. The molecule has 0 amide bonds. The number of aliphatic hydroxyl groups is 1. The fourth-order valence-electron chi connectivity index (χ4n) is 2.18. The zero-order valence-corrected chi connectivity index (χ0v) is 10.8. The molecule has 1 atom stereocenters. The minimum absolute atomic E-state index is 0.265. The number of aryl methyl sites for hydroxylation is 1. The zero-order valence-electron chi connectivity index (χ0n) is 10.8. The SMILES string of the molecule is Cc1nc(NC2=NCC[C@@H](O)CC2)c2occc2n1. The lowest BCUT2D eigenvalue weighted by molar-refractivity contribution is 0.162. The Morgan fingerprint density at radius 2 is 2.26 bits per heavy atom. The van der Waals surface area contributed by atoms with Gasteiger partial charge in [0.15, 0.2) is 11.4 Å². The minimum atomic E-state index is -0.265. The number of amidine groups is 1. The molecule has 6 heteroatoms. The van der Waals surface area contributed by atoms with Crippen LogP contribution in [0.2, 0.25) is 0 Å². The molecule has 3 heterocycles. The molecule has 0 bridgehead atoms. The fourth-order valence-corrected chi connectivity index (χ4v) is 2.18. The number of rotatable bonds is 1. The van der Waals surface area contributed by atoms with Crippen LogP contribution in [0, 0.1) is 6.92 Å². The molecule has 0 aromatic carbocycles. The summed E-state index contributed by atoms with van der Waals surface area (Å²) in [6.07, 6.45) is 3.48. The maximum atomic E-state index is 9.61. The number of furan rings is 1. The molecule has 19 heavy (non-hydrogen) atoms. The lowest BCUT2D eigenvalue weighted by Gasteiger charge is -2.09. The quantitative estimate of drug-likeness (QED) is 0.818. The summed E-state index contributed by atoms with van der Waals surface area (Å²) in [4.78, 5) is 13.1. The van der Waals surface area contributed by atoms with Crippen molar-refractivity contribution in [1.82, 2.24) is 9.97 Å². The number of aromatic nitrogens is 2. The third kappa shape index (κ3) is 2.58. The van der Waals surface area contributed by atoms with Gasteiger partial charge in [0.05, 0.1) is 12.4 Å². The predicted octanol–water partition coefficient (Wildman–Crippen LogP) is 1.89. The zero-order chi connectivity index (χ0) is 13.2. The van der Waals surface area contributed by atoms with Crippen LogP contribution in [0.15, 0.2) is 21.7 Å². The van der Waals surface area contributed by atoms with Gasteiger partial charge in [-0.05, 0) is 19.8 Å². The van der Waals surface area contributed by atoms with Crippen LogP contribution in [0.1, 0.15) is 25.1 Å². The molecule has 0 saturated heterocycles. The Labute approximate surface area is 110 Å². The van der Waals surface area contributed by atoms with E-state index in [0.717, 1.165) is 17.8 Å². The van der Waals surface area contributed by atoms with Gasteiger partial charge in [-0.15, -0.1) is 0 Å². The molecule has 0 aliphatic carbocycles. The molecule has 2 aromatic heterocycles. The number of nitrogens with zero attached hydrogens (tertiary/aromatic N) is 3. The van der Waals surface area contributed by atoms with Gasteiger partial charge in [0.2, 0.25) is 0 Å². The Morgan fingerprint density at radius 3 is 3.16 bits per heavy atom. The summed E-state index contributed by atoms with van der Waals surface area (Å²) < 4.78 is 5.41. The van der Waals surface area contributed by atoms with E-state index in [-0.39, 0.29) is 6.10 Å². The van der Waals surface area contributed by atoms with Crippen molar-refractivity contribution >= 4 is 22.8 Å². The van der Waals surface area contributed by atoms with Gasteiger partial charge >= 0.3 is 0 Å². The van der Waals surface area contributed by atoms with Gasteiger partial charge in [-0.25, -0.2) is 9.97 Å². The van der Waals surface area contributed by atoms with Crippen LogP contribution in [0.25, 0.3) is 11.1 Å². The Hall–Kier alpha value is -1.95. The van der Waals surface area contributed by atoms with Crippen molar-refractivity contribution in [3.8, 4) is 0 Å². The lowest BCUT2D eigenvalue weighted by Crippen LogP contribution is -2.14. The first-order valence-electron chi connectivity index (χ1n) is 6.42. The molecule has 3 rings (SSSR count). The second kappa shape index (κ2) is 4.97. The van der Waals surface area contributed by atoms with E-state index in [1.54, 1.807) is 6.26 Å². The van der Waals surface area contributed by atoms with Crippen LogP contribution in [0.4, 0.5) is 5.82 Å². The van der Waals surface area contributed by atoms with Crippen molar-refractivity contribution in [3.63, 3.8) is 0 Å². The molecule has 2 aromatic rings. The maximum Gasteiger partial charge on any atom is 0.194 e. The van der Waals surface area contributed by atoms with Gasteiger partial charge in [-0.3, -0.25) is 4.99 Å². The number of anilines is 1. The molecule has 2 N–H and O–H groups in total. The van der Waals surface area contributed by atoms with Crippen molar-refractivity contribution in [2.75, 3.05) is 11.9 Å². The van der Waals surface area contributed by atoms with Crippen molar-refractivity contribution in [1.29, 1.82) is 0 Å². The lowest BCUT2D eigenvalue weighted by atomic mass is 10.1. The average molecular weight is 260 g/mol. The van der Waals surface area contributed by atoms with Gasteiger partial charge in [0, 0.05) is 19.0 Å². The van der Waals surface area contributed by atoms with E-state index in [0.29, 0.717) is 36.6 Å². The topological polar surface area (TPSA) is 83.5 Å². The largest absolute Gasteiger partial charge is 0.459 e. The monoisotopic (exact) mass is 260 g/mol. The third-order valence-electron chi connectivity index (χ3n) is 3.16. The van der Waals surface area contributed by atoms with Gasteiger partial charge in [-0.2, -0.15) is 0 Å². The van der Waals surface area contributed by atoms with Gasteiger partial charge in [0.1, 0.15) is 17.2 Å². The van der Waals surface area contributed by atoms with Gasteiger partial charge in [0.25, 0.3) is 0 Å². The van der Waals surface area contributed by atoms with Gasteiger partial charge in [-0.1, -0.05) is 0 Å². The molecule has 1 aliphatic heterocycles. The summed E-state index contributed by atoms with van der Waals surface area (Å²) in [5.41, 5.74) is 1.42. The molecule has 0 saturated carbocycles. The number of nitrogens with one attached hydrogen (secondary N) is 1. The average Bonchev–Trinajstić information content (AvgIpc) is 2.74. The predicted molar refractivity (Wildman–Crippen MR) is 72.3 cm³/mol. The van der Waals surface area contributed by atoms with E-state index >= 15 is 0 Å². The Balaban J connectivity index is 1.88. The Morgan fingerprint density at radius 1 is 1.37 bits per heavy atom. The second-order valence-electron chi connectivity index (χ2n) is 4.69. The molecule has 0 spiro atoms. The number of hydrogen-bond acceptors (Lipinski definition) is 6. The standard InChI is InChI=1S/C13H16N4O2/c1-8-15-10-5-7-19-12(10)13(16-8)17-11-3-2-9(18)4-6-14-11/h5,7,9,18H,2-4,6H2,1H3,(H,14,15,16,17)/t9-/m0/s1. The van der Waals surface area contributed by atoms with E-state index < -0.39 is 0 Å². The van der Waals surface area contributed by atoms with Crippen LogP contribution in [-0.2, 0) is 0 Å². The number of hydrogen-bond donors (Lipinski definition) is 2. The minimum Gasteiger partial charge on any atom is -0.459 e. The van der Waals surface area contributed by atoms with Crippen LogP contribution >= 0.6 is 0 Å². The summed E-state index contributed by atoms with van der Waals surface area (Å²) in [6, 6.07) is 1.81. The van der Waals surface area contributed by atoms with E-state index in [4.69, 9.17) is 4.42 Å². The van der Waals surface area contributed by atoms with E-state index in [1.165, 1.54) is 0 Å². The third-order valence-corrected chi connectivity index (χ3v) is 3.16. The first-order valence-corrected chi connectivity index (χ1v) is 6.42. The number of aliphatic hydroxyl groups excluding tert-OH is 1. The highest BCUT2D eigenvalue weighted by molar-refractivity contribution is 6.00.